The van der Waals surface area contributed by atoms with E-state index in [1.165, 1.54) is 25.1 Å². The van der Waals surface area contributed by atoms with Gasteiger partial charge in [-0.05, 0) is 50.3 Å². The molecule has 6 heteroatoms. The number of nitrogens with zero attached hydrogens (tertiary/aromatic N) is 3. The van der Waals surface area contributed by atoms with Crippen LogP contribution in [0.4, 0.5) is 10.3 Å². The number of carbonyl (C=O) groups excluding carboxylic acids is 1. The van der Waals surface area contributed by atoms with Crippen LogP contribution < -0.4 is 5.32 Å². The summed E-state index contributed by atoms with van der Waals surface area (Å²) in [5.74, 6) is 0.441. The van der Waals surface area contributed by atoms with Gasteiger partial charge in [0.15, 0.2) is 0 Å². The predicted molar refractivity (Wildman–Crippen MR) is 122 cm³/mol. The number of rotatable bonds is 8. The van der Waals surface area contributed by atoms with Crippen molar-refractivity contribution in [2.75, 3.05) is 18.4 Å². The molecule has 1 heterocycles. The third-order valence-corrected chi connectivity index (χ3v) is 5.52. The smallest absolute Gasteiger partial charge is 0.257 e. The van der Waals surface area contributed by atoms with E-state index < -0.39 is 5.82 Å². The molecule has 0 saturated heterocycles. The summed E-state index contributed by atoms with van der Waals surface area (Å²) < 4.78 is 14.6. The first kappa shape index (κ1) is 21.0. The van der Waals surface area contributed by atoms with E-state index in [1.807, 2.05) is 32.0 Å². The van der Waals surface area contributed by atoms with E-state index in [0.717, 1.165) is 17.7 Å². The number of hydrogen-bond donors (Lipinski definition) is 1. The molecule has 3 aromatic rings. The van der Waals surface area contributed by atoms with Gasteiger partial charge in [0.1, 0.15) is 5.82 Å². The third kappa shape index (κ3) is 5.08. The van der Waals surface area contributed by atoms with Gasteiger partial charge in [0.25, 0.3) is 5.91 Å². The maximum atomic E-state index is 14.6. The number of halogens is 1. The maximum Gasteiger partial charge on any atom is 0.257 e. The molecule has 1 aliphatic carbocycles. The Balaban J connectivity index is 0.00000289. The highest BCUT2D eigenvalue weighted by Gasteiger charge is 2.24. The molecule has 1 aliphatic rings. The van der Waals surface area contributed by atoms with Crippen LogP contribution in [-0.4, -0.2) is 33.9 Å². The summed E-state index contributed by atoms with van der Waals surface area (Å²) in [4.78, 5) is 24.1. The third-order valence-electron chi connectivity index (χ3n) is 5.52. The molecule has 31 heavy (non-hydrogen) atoms. The van der Waals surface area contributed by atoms with Crippen molar-refractivity contribution in [3.8, 4) is 11.3 Å². The fourth-order valence-corrected chi connectivity index (χ4v) is 3.57. The zero-order chi connectivity index (χ0) is 21.8. The Morgan fingerprint density at radius 1 is 1.23 bits per heavy atom. The molecule has 5 nitrogen and oxygen atoms in total. The average molecular weight is 421 g/mol. The van der Waals surface area contributed by atoms with Crippen LogP contribution >= 0.6 is 0 Å². The van der Waals surface area contributed by atoms with Gasteiger partial charge in [-0.1, -0.05) is 42.0 Å². The Kier molecular flexibility index (Phi) is 6.26. The predicted octanol–water partition coefficient (Wildman–Crippen LogP) is 5.32. The molecule has 0 atom stereocenters. The van der Waals surface area contributed by atoms with Crippen molar-refractivity contribution >= 4 is 11.9 Å². The van der Waals surface area contributed by atoms with Gasteiger partial charge in [0.05, 0.1) is 11.3 Å². The Bertz CT molecular complexity index is 1090. The van der Waals surface area contributed by atoms with Crippen LogP contribution in [-0.2, 0) is 6.54 Å². The maximum absolute atomic E-state index is 14.6. The van der Waals surface area contributed by atoms with Gasteiger partial charge in [0.2, 0.25) is 5.95 Å². The van der Waals surface area contributed by atoms with Crippen LogP contribution in [0.2, 0.25) is 0 Å². The number of aryl methyl sites for hydroxylation is 1. The second kappa shape index (κ2) is 9.25. The first-order valence-electron chi connectivity index (χ1n) is 10.8. The highest BCUT2D eigenvalue weighted by atomic mass is 19.1. The number of hydrogen-bond acceptors (Lipinski definition) is 4. The monoisotopic (exact) mass is 420 g/mol. The first-order valence-corrected chi connectivity index (χ1v) is 10.8. The van der Waals surface area contributed by atoms with Gasteiger partial charge < -0.3 is 10.2 Å². The van der Waals surface area contributed by atoms with Crippen LogP contribution in [0.25, 0.3) is 11.3 Å². The summed E-state index contributed by atoms with van der Waals surface area (Å²) in [5, 5.41) is 3.22. The van der Waals surface area contributed by atoms with E-state index in [9.17, 15) is 9.18 Å². The van der Waals surface area contributed by atoms with Crippen molar-refractivity contribution in [1.82, 2.24) is 14.9 Å². The van der Waals surface area contributed by atoms with E-state index in [0.29, 0.717) is 41.8 Å². The summed E-state index contributed by atoms with van der Waals surface area (Å²) in [6, 6.07) is 14.5. The number of aromatic nitrogens is 2. The van der Waals surface area contributed by atoms with Crippen LogP contribution in [0.15, 0.2) is 54.7 Å². The minimum atomic E-state index is -0.412. The lowest BCUT2D eigenvalue weighted by molar-refractivity contribution is 0.0752. The molecule has 0 aliphatic heterocycles. The molecule has 0 bridgehead atoms. The minimum absolute atomic E-state index is 0. The summed E-state index contributed by atoms with van der Waals surface area (Å²) in [5.41, 5.74) is 3.11. The SMILES string of the molecule is CCN(Cc1cccc(C)c1)C(=O)c1cnc(NCC2CC2)nc1-c1ccccc1F.[HH]. The van der Waals surface area contributed by atoms with Crippen LogP contribution in [0.5, 0.6) is 0 Å². The number of anilines is 1. The molecular weight excluding hydrogens is 391 g/mol. The summed E-state index contributed by atoms with van der Waals surface area (Å²) >= 11 is 0. The van der Waals surface area contributed by atoms with Gasteiger partial charge in [-0.15, -0.1) is 0 Å². The van der Waals surface area contributed by atoms with Gasteiger partial charge in [-0.25, -0.2) is 14.4 Å². The molecule has 4 rings (SSSR count). The van der Waals surface area contributed by atoms with Crippen LogP contribution in [0, 0.1) is 18.7 Å². The summed E-state index contributed by atoms with van der Waals surface area (Å²) in [7, 11) is 0. The first-order chi connectivity index (χ1) is 15.0. The quantitative estimate of drug-likeness (QED) is 0.536. The van der Waals surface area contributed by atoms with E-state index in [-0.39, 0.29) is 7.33 Å². The Labute approximate surface area is 183 Å². The number of nitrogens with one attached hydrogen (secondary N) is 1. The number of amides is 1. The summed E-state index contributed by atoms with van der Waals surface area (Å²) in [6.07, 6.45) is 3.92. The van der Waals surface area contributed by atoms with Crippen molar-refractivity contribution in [2.24, 2.45) is 5.92 Å². The lowest BCUT2D eigenvalue weighted by Gasteiger charge is -2.22. The molecule has 1 amide bonds. The number of benzene rings is 2. The van der Waals surface area contributed by atoms with E-state index in [2.05, 4.69) is 21.4 Å². The summed E-state index contributed by atoms with van der Waals surface area (Å²) in [6.45, 7) is 5.74. The Morgan fingerprint density at radius 3 is 2.74 bits per heavy atom. The topological polar surface area (TPSA) is 58.1 Å². The minimum Gasteiger partial charge on any atom is -0.354 e. The molecule has 0 spiro atoms. The molecule has 1 saturated carbocycles. The van der Waals surface area contributed by atoms with Gasteiger partial charge in [-0.2, -0.15) is 0 Å². The highest BCUT2D eigenvalue weighted by Crippen LogP contribution is 2.30. The normalized spacial score (nSPS) is 13.1. The van der Waals surface area contributed by atoms with Crippen molar-refractivity contribution in [2.45, 2.75) is 33.2 Å². The van der Waals surface area contributed by atoms with Crippen LogP contribution in [0.1, 0.15) is 42.7 Å². The van der Waals surface area contributed by atoms with E-state index in [4.69, 9.17) is 0 Å². The van der Waals surface area contributed by atoms with Gasteiger partial charge >= 0.3 is 0 Å². The molecule has 162 valence electrons. The van der Waals surface area contributed by atoms with E-state index >= 15 is 0 Å². The second-order valence-corrected chi connectivity index (χ2v) is 8.07. The molecule has 0 radical (unpaired) electrons. The Hall–Kier alpha value is -3.28. The standard InChI is InChI=1S/C25H27FN4O.H2/c1-3-30(16-19-8-6-7-17(2)13-19)24(31)21-15-28-25(27-14-18-11-12-18)29-23(21)20-9-4-5-10-22(20)26;/h4-10,13,15,18H,3,11-12,14,16H2,1-2H3,(H,27,28,29);1H. The second-order valence-electron chi connectivity index (χ2n) is 8.07. The molecule has 1 fully saturated rings. The highest BCUT2D eigenvalue weighted by molar-refractivity contribution is 5.99. The number of carbonyl (C=O) groups is 1. The van der Waals surface area contributed by atoms with Crippen molar-refractivity contribution in [3.05, 3.63) is 77.2 Å². The molecule has 2 aromatic carbocycles. The largest absolute Gasteiger partial charge is 0.354 e. The Morgan fingerprint density at radius 2 is 2.03 bits per heavy atom. The lowest BCUT2D eigenvalue weighted by Crippen LogP contribution is -2.31. The fraction of sp³-hybridized carbons (Fsp3) is 0.320. The molecule has 1 aromatic heterocycles. The lowest BCUT2D eigenvalue weighted by atomic mass is 10.0. The fourth-order valence-electron chi connectivity index (χ4n) is 3.57. The average Bonchev–Trinajstić information content (AvgIpc) is 3.60. The van der Waals surface area contributed by atoms with Crippen molar-refractivity contribution in [3.63, 3.8) is 0 Å². The molecular formula is C25H29FN4O. The van der Waals surface area contributed by atoms with Crippen molar-refractivity contribution in [1.29, 1.82) is 0 Å². The molecule has 0 unspecified atom stereocenters. The van der Waals surface area contributed by atoms with Crippen LogP contribution in [0.3, 0.4) is 0 Å². The zero-order valence-electron chi connectivity index (χ0n) is 17.9. The van der Waals surface area contributed by atoms with Crippen molar-refractivity contribution < 1.29 is 10.6 Å². The van der Waals surface area contributed by atoms with E-state index in [1.54, 1.807) is 23.1 Å². The molecule has 1 N–H and O–H groups in total. The van der Waals surface area contributed by atoms with Gasteiger partial charge in [-0.3, -0.25) is 4.79 Å². The zero-order valence-corrected chi connectivity index (χ0v) is 17.9. The van der Waals surface area contributed by atoms with Gasteiger partial charge in [0, 0.05) is 32.8 Å².